The summed E-state index contributed by atoms with van der Waals surface area (Å²) in [5.41, 5.74) is 3.75. The summed E-state index contributed by atoms with van der Waals surface area (Å²) in [6.45, 7) is 5.93. The third kappa shape index (κ3) is 2.63. The second kappa shape index (κ2) is 6.16. The minimum Gasteiger partial charge on any atom is -0.353 e. The highest BCUT2D eigenvalue weighted by molar-refractivity contribution is 5.99. The van der Waals surface area contributed by atoms with Gasteiger partial charge in [0.05, 0.1) is 5.69 Å². The normalized spacial score (nSPS) is 29.0. The first-order valence-electron chi connectivity index (χ1n) is 10.9. The number of benzene rings is 1. The minimum atomic E-state index is -2.61. The Morgan fingerprint density at radius 3 is 2.94 bits per heavy atom. The average Bonchev–Trinajstić information content (AvgIpc) is 3.14. The van der Waals surface area contributed by atoms with E-state index in [-0.39, 0.29) is 11.9 Å². The molecule has 0 spiro atoms. The summed E-state index contributed by atoms with van der Waals surface area (Å²) in [7, 11) is 0. The van der Waals surface area contributed by atoms with Gasteiger partial charge in [0, 0.05) is 71.2 Å². The molecule has 3 heterocycles. The topological polar surface area (TPSA) is 76.8 Å². The lowest BCUT2D eigenvalue weighted by molar-refractivity contribution is 0.0631. The summed E-state index contributed by atoms with van der Waals surface area (Å²) < 4.78 is 28.5. The SMILES string of the molecule is C[C@@H]1CN(C(=O)c2ccc3cc(-c4n[nH]c5c4C[C@@H]4C(F)(F)[C@]4(C)C5)[nH]c3c2)CCN1. The molecule has 1 saturated carbocycles. The van der Waals surface area contributed by atoms with Gasteiger partial charge in [-0.05, 0) is 31.5 Å². The van der Waals surface area contributed by atoms with E-state index >= 15 is 0 Å². The molecule has 6 nitrogen and oxygen atoms in total. The van der Waals surface area contributed by atoms with Crippen molar-refractivity contribution in [1.29, 1.82) is 0 Å². The highest BCUT2D eigenvalue weighted by Crippen LogP contribution is 2.70. The minimum absolute atomic E-state index is 0.0267. The van der Waals surface area contributed by atoms with Crippen LogP contribution in [-0.2, 0) is 12.8 Å². The Kier molecular flexibility index (Phi) is 3.77. The highest BCUT2D eigenvalue weighted by atomic mass is 19.3. The van der Waals surface area contributed by atoms with Gasteiger partial charge >= 0.3 is 0 Å². The van der Waals surface area contributed by atoms with Gasteiger partial charge in [-0.15, -0.1) is 0 Å². The van der Waals surface area contributed by atoms with Crippen LogP contribution in [0.3, 0.4) is 0 Å². The Morgan fingerprint density at radius 1 is 1.29 bits per heavy atom. The Balaban J connectivity index is 1.31. The largest absolute Gasteiger partial charge is 0.353 e. The van der Waals surface area contributed by atoms with Gasteiger partial charge in [0.2, 0.25) is 0 Å². The fourth-order valence-corrected chi connectivity index (χ4v) is 5.52. The lowest BCUT2D eigenvalue weighted by atomic mass is 9.87. The van der Waals surface area contributed by atoms with Gasteiger partial charge < -0.3 is 15.2 Å². The van der Waals surface area contributed by atoms with Crippen molar-refractivity contribution < 1.29 is 13.6 Å². The second-order valence-corrected chi connectivity index (χ2v) is 9.59. The Labute approximate surface area is 178 Å². The van der Waals surface area contributed by atoms with Gasteiger partial charge in [0.25, 0.3) is 11.8 Å². The summed E-state index contributed by atoms with van der Waals surface area (Å²) in [5.74, 6) is -3.20. The first-order valence-corrected chi connectivity index (χ1v) is 10.9. The standard InChI is InChI=1S/C23H25F2N5O/c1-12-11-30(6-5-26-12)21(31)14-4-3-13-7-17(27-16(13)8-14)20-15-9-19-22(2,23(19,24)25)10-18(15)28-29-20/h3-4,7-8,12,19,26-27H,5-6,9-11H2,1-2H3,(H,28,29)/t12-,19+,22-/m1/s1. The number of alkyl halides is 2. The Hall–Kier alpha value is -2.74. The molecule has 3 atom stereocenters. The molecule has 1 aromatic carbocycles. The first kappa shape index (κ1) is 19.0. The fourth-order valence-electron chi connectivity index (χ4n) is 5.52. The lowest BCUT2D eigenvalue weighted by Gasteiger charge is -2.32. The lowest BCUT2D eigenvalue weighted by Crippen LogP contribution is -2.51. The van der Waals surface area contributed by atoms with Crippen molar-refractivity contribution in [2.45, 2.75) is 38.7 Å². The van der Waals surface area contributed by atoms with Crippen molar-refractivity contribution in [1.82, 2.24) is 25.4 Å². The predicted molar refractivity (Wildman–Crippen MR) is 113 cm³/mol. The number of nitrogens with one attached hydrogen (secondary N) is 3. The van der Waals surface area contributed by atoms with Crippen LogP contribution in [-0.4, -0.2) is 57.6 Å². The van der Waals surface area contributed by atoms with Gasteiger partial charge in [-0.1, -0.05) is 13.0 Å². The van der Waals surface area contributed by atoms with Crippen molar-refractivity contribution in [3.05, 3.63) is 41.1 Å². The predicted octanol–water partition coefficient (Wildman–Crippen LogP) is 3.36. The number of nitrogens with zero attached hydrogens (tertiary/aromatic N) is 2. The Morgan fingerprint density at radius 2 is 2.13 bits per heavy atom. The number of carbonyl (C=O) groups is 1. The van der Waals surface area contributed by atoms with Crippen LogP contribution in [0.25, 0.3) is 22.3 Å². The number of aromatic nitrogens is 3. The van der Waals surface area contributed by atoms with Crippen molar-refractivity contribution in [3.8, 4) is 11.4 Å². The van der Waals surface area contributed by atoms with Crippen LogP contribution in [0, 0.1) is 11.3 Å². The maximum absolute atomic E-state index is 14.2. The Bertz CT molecular complexity index is 1210. The van der Waals surface area contributed by atoms with Gasteiger partial charge in [-0.2, -0.15) is 5.10 Å². The molecule has 1 amide bonds. The summed E-state index contributed by atoms with van der Waals surface area (Å²) >= 11 is 0. The number of hydrogen-bond donors (Lipinski definition) is 3. The molecule has 2 aromatic heterocycles. The molecule has 6 rings (SSSR count). The van der Waals surface area contributed by atoms with E-state index in [0.29, 0.717) is 37.2 Å². The molecule has 162 valence electrons. The summed E-state index contributed by atoms with van der Waals surface area (Å²) in [5, 5.41) is 11.8. The van der Waals surface area contributed by atoms with E-state index in [0.717, 1.165) is 34.4 Å². The van der Waals surface area contributed by atoms with E-state index in [1.807, 2.05) is 29.2 Å². The second-order valence-electron chi connectivity index (χ2n) is 9.59. The van der Waals surface area contributed by atoms with E-state index in [1.54, 1.807) is 6.92 Å². The molecule has 0 unspecified atom stereocenters. The molecule has 3 aliphatic rings. The highest BCUT2D eigenvalue weighted by Gasteiger charge is 2.78. The molecular formula is C23H25F2N5O. The summed E-state index contributed by atoms with van der Waals surface area (Å²) in [4.78, 5) is 18.2. The smallest absolute Gasteiger partial charge is 0.258 e. The van der Waals surface area contributed by atoms with Gasteiger partial charge in [-0.25, -0.2) is 8.78 Å². The van der Waals surface area contributed by atoms with E-state index in [4.69, 9.17) is 0 Å². The molecule has 0 bridgehead atoms. The van der Waals surface area contributed by atoms with Crippen LogP contribution in [0.2, 0.25) is 0 Å². The zero-order valence-electron chi connectivity index (χ0n) is 17.6. The number of halogens is 2. The number of hydrogen-bond acceptors (Lipinski definition) is 3. The van der Waals surface area contributed by atoms with Gasteiger partial charge in [-0.3, -0.25) is 9.89 Å². The van der Waals surface area contributed by atoms with Crippen LogP contribution in [0.1, 0.15) is 35.5 Å². The third-order valence-electron chi connectivity index (χ3n) is 7.57. The number of amides is 1. The van der Waals surface area contributed by atoms with Crippen molar-refractivity contribution >= 4 is 16.8 Å². The quantitative estimate of drug-likeness (QED) is 0.589. The molecule has 1 aliphatic heterocycles. The van der Waals surface area contributed by atoms with Crippen LogP contribution >= 0.6 is 0 Å². The monoisotopic (exact) mass is 425 g/mol. The molecule has 2 aliphatic carbocycles. The molecule has 8 heteroatoms. The third-order valence-corrected chi connectivity index (χ3v) is 7.57. The molecular weight excluding hydrogens is 400 g/mol. The van der Waals surface area contributed by atoms with Gasteiger partial charge in [0.1, 0.15) is 5.69 Å². The van der Waals surface area contributed by atoms with Crippen LogP contribution in [0.4, 0.5) is 8.78 Å². The summed E-state index contributed by atoms with van der Waals surface area (Å²) in [6.07, 6.45) is 0.667. The fraction of sp³-hybridized carbons (Fsp3) is 0.478. The number of fused-ring (bicyclic) bond motifs is 3. The molecule has 1 saturated heterocycles. The van der Waals surface area contributed by atoms with Crippen LogP contribution < -0.4 is 5.32 Å². The van der Waals surface area contributed by atoms with Crippen molar-refractivity contribution in [2.75, 3.05) is 19.6 Å². The molecule has 0 radical (unpaired) electrons. The number of rotatable bonds is 2. The van der Waals surface area contributed by atoms with Gasteiger partial charge in [0.15, 0.2) is 0 Å². The average molecular weight is 425 g/mol. The summed E-state index contributed by atoms with van der Waals surface area (Å²) in [6, 6.07) is 7.92. The molecule has 3 N–H and O–H groups in total. The maximum atomic E-state index is 14.2. The number of H-pyrrole nitrogens is 2. The number of piperazine rings is 1. The number of aromatic amines is 2. The number of carbonyl (C=O) groups excluding carboxylic acids is 1. The van der Waals surface area contributed by atoms with E-state index < -0.39 is 17.3 Å². The van der Waals surface area contributed by atoms with Crippen LogP contribution in [0.15, 0.2) is 24.3 Å². The zero-order chi connectivity index (χ0) is 21.5. The molecule has 2 fully saturated rings. The van der Waals surface area contributed by atoms with E-state index in [1.165, 1.54) is 0 Å². The maximum Gasteiger partial charge on any atom is 0.258 e. The zero-order valence-corrected chi connectivity index (χ0v) is 17.6. The van der Waals surface area contributed by atoms with Crippen molar-refractivity contribution in [3.63, 3.8) is 0 Å². The first-order chi connectivity index (χ1) is 14.8. The molecule has 31 heavy (non-hydrogen) atoms. The molecule has 3 aromatic rings. The van der Waals surface area contributed by atoms with E-state index in [2.05, 4.69) is 27.4 Å². The van der Waals surface area contributed by atoms with E-state index in [9.17, 15) is 13.6 Å². The van der Waals surface area contributed by atoms with Crippen LogP contribution in [0.5, 0.6) is 0 Å². The van der Waals surface area contributed by atoms with Crippen molar-refractivity contribution in [2.24, 2.45) is 11.3 Å².